The molecule has 1 aromatic carbocycles. The van der Waals surface area contributed by atoms with Crippen molar-refractivity contribution in [2.75, 3.05) is 38.2 Å². The molecule has 1 aliphatic heterocycles. The molecule has 3 aromatic rings. The van der Waals surface area contributed by atoms with Crippen molar-refractivity contribution in [3.05, 3.63) is 40.0 Å². The maximum atomic E-state index is 6.05. The molecule has 4 rings (SSSR count). The lowest BCUT2D eigenvalue weighted by Gasteiger charge is -2.32. The van der Waals surface area contributed by atoms with Gasteiger partial charge < -0.3 is 18.7 Å². The summed E-state index contributed by atoms with van der Waals surface area (Å²) in [5.41, 5.74) is 0.717. The van der Waals surface area contributed by atoms with E-state index in [0.29, 0.717) is 46.8 Å². The van der Waals surface area contributed by atoms with Crippen LogP contribution in [-0.2, 0) is 17.9 Å². The van der Waals surface area contributed by atoms with Crippen LogP contribution in [0.1, 0.15) is 11.7 Å². The molecule has 0 atom stereocenters. The fourth-order valence-corrected chi connectivity index (χ4v) is 3.50. The van der Waals surface area contributed by atoms with Crippen molar-refractivity contribution in [1.29, 1.82) is 0 Å². The molecule has 2 aromatic heterocycles. The standard InChI is InChI=1S/C17H18Cl2N6O3/c1-26-10-14-20-15(27-22-14)9-24-2-4-25(5-3-24)17-21-16(23-28-17)11-6-12(18)8-13(19)7-11/h6-8H,2-5,9-10H2,1H3. The Morgan fingerprint density at radius 3 is 2.46 bits per heavy atom. The molecule has 28 heavy (non-hydrogen) atoms. The van der Waals surface area contributed by atoms with Crippen LogP contribution < -0.4 is 4.90 Å². The quantitative estimate of drug-likeness (QED) is 0.591. The predicted octanol–water partition coefficient (Wildman–Crippen LogP) is 2.90. The van der Waals surface area contributed by atoms with Gasteiger partial charge in [0, 0.05) is 48.9 Å². The molecule has 11 heteroatoms. The number of methoxy groups -OCH3 is 1. The van der Waals surface area contributed by atoms with E-state index in [1.54, 1.807) is 25.3 Å². The molecule has 1 saturated heterocycles. The van der Waals surface area contributed by atoms with E-state index >= 15 is 0 Å². The summed E-state index contributed by atoms with van der Waals surface area (Å²) in [5.74, 6) is 1.59. The number of aromatic nitrogens is 4. The fourth-order valence-electron chi connectivity index (χ4n) is 2.97. The second-order valence-electron chi connectivity index (χ2n) is 6.36. The summed E-state index contributed by atoms with van der Waals surface area (Å²) in [6.07, 6.45) is 0. The molecule has 3 heterocycles. The molecule has 0 unspecified atom stereocenters. The Labute approximate surface area is 171 Å². The van der Waals surface area contributed by atoms with E-state index in [-0.39, 0.29) is 0 Å². The zero-order valence-electron chi connectivity index (χ0n) is 15.1. The molecule has 0 spiro atoms. The van der Waals surface area contributed by atoms with E-state index in [2.05, 4.69) is 25.2 Å². The number of hydrogen-bond donors (Lipinski definition) is 0. The van der Waals surface area contributed by atoms with Gasteiger partial charge in [-0.1, -0.05) is 33.5 Å². The fraction of sp³-hybridized carbons (Fsp3) is 0.412. The number of ether oxygens (including phenoxy) is 1. The van der Waals surface area contributed by atoms with Gasteiger partial charge in [-0.3, -0.25) is 4.90 Å². The molecule has 0 saturated carbocycles. The van der Waals surface area contributed by atoms with E-state index in [1.165, 1.54) is 0 Å². The molecular weight excluding hydrogens is 407 g/mol. The second-order valence-corrected chi connectivity index (χ2v) is 7.23. The van der Waals surface area contributed by atoms with Crippen LogP contribution in [0.2, 0.25) is 10.0 Å². The number of anilines is 1. The first kappa shape index (κ1) is 19.1. The number of piperazine rings is 1. The zero-order valence-corrected chi connectivity index (χ0v) is 16.7. The van der Waals surface area contributed by atoms with Crippen LogP contribution in [0.15, 0.2) is 27.2 Å². The highest BCUT2D eigenvalue weighted by atomic mass is 35.5. The van der Waals surface area contributed by atoms with Gasteiger partial charge in [0.05, 0.1) is 6.54 Å². The van der Waals surface area contributed by atoms with E-state index in [0.717, 1.165) is 31.7 Å². The van der Waals surface area contributed by atoms with Crippen molar-refractivity contribution in [3.8, 4) is 11.4 Å². The summed E-state index contributed by atoms with van der Waals surface area (Å²) in [4.78, 5) is 13.1. The van der Waals surface area contributed by atoms with Crippen molar-refractivity contribution in [2.45, 2.75) is 13.2 Å². The Kier molecular flexibility index (Phi) is 5.77. The highest BCUT2D eigenvalue weighted by Gasteiger charge is 2.23. The molecule has 0 bridgehead atoms. The Hall–Kier alpha value is -2.20. The maximum absolute atomic E-state index is 6.05. The highest BCUT2D eigenvalue weighted by Crippen LogP contribution is 2.27. The van der Waals surface area contributed by atoms with Crippen LogP contribution >= 0.6 is 23.2 Å². The molecule has 148 valence electrons. The zero-order chi connectivity index (χ0) is 19.5. The van der Waals surface area contributed by atoms with Crippen LogP contribution in [0, 0.1) is 0 Å². The van der Waals surface area contributed by atoms with E-state index < -0.39 is 0 Å². The summed E-state index contributed by atoms with van der Waals surface area (Å²) in [6.45, 7) is 4.05. The first-order valence-electron chi connectivity index (χ1n) is 8.68. The minimum atomic E-state index is 0.342. The van der Waals surface area contributed by atoms with E-state index in [1.807, 2.05) is 4.90 Å². The van der Waals surface area contributed by atoms with Crippen molar-refractivity contribution < 1.29 is 13.8 Å². The van der Waals surface area contributed by atoms with Crippen LogP contribution in [0.3, 0.4) is 0 Å². The van der Waals surface area contributed by atoms with Gasteiger partial charge in [0.2, 0.25) is 11.7 Å². The molecule has 0 aliphatic carbocycles. The maximum Gasteiger partial charge on any atom is 0.324 e. The molecule has 0 radical (unpaired) electrons. The number of hydrogen-bond acceptors (Lipinski definition) is 9. The average molecular weight is 425 g/mol. The topological polar surface area (TPSA) is 93.6 Å². The van der Waals surface area contributed by atoms with Gasteiger partial charge in [-0.15, -0.1) is 0 Å². The van der Waals surface area contributed by atoms with Crippen LogP contribution in [0.25, 0.3) is 11.4 Å². The Balaban J connectivity index is 1.35. The molecule has 0 N–H and O–H groups in total. The second kappa shape index (κ2) is 8.44. The summed E-state index contributed by atoms with van der Waals surface area (Å²) in [7, 11) is 1.60. The lowest BCUT2D eigenvalue weighted by Crippen LogP contribution is -2.46. The monoisotopic (exact) mass is 424 g/mol. The average Bonchev–Trinajstić information content (AvgIpc) is 3.32. The molecule has 0 amide bonds. The Bertz CT molecular complexity index is 918. The first-order valence-corrected chi connectivity index (χ1v) is 9.44. The van der Waals surface area contributed by atoms with Gasteiger partial charge in [-0.05, 0) is 18.2 Å². The van der Waals surface area contributed by atoms with Crippen molar-refractivity contribution in [2.24, 2.45) is 0 Å². The lowest BCUT2D eigenvalue weighted by atomic mass is 10.2. The molecule has 9 nitrogen and oxygen atoms in total. The minimum Gasteiger partial charge on any atom is -0.377 e. The summed E-state index contributed by atoms with van der Waals surface area (Å²) in [5, 5.41) is 8.97. The van der Waals surface area contributed by atoms with Gasteiger partial charge in [0.15, 0.2) is 5.82 Å². The largest absolute Gasteiger partial charge is 0.377 e. The third kappa shape index (κ3) is 4.44. The Morgan fingerprint density at radius 1 is 1.00 bits per heavy atom. The van der Waals surface area contributed by atoms with Crippen molar-refractivity contribution >= 4 is 29.2 Å². The van der Waals surface area contributed by atoms with Gasteiger partial charge in [0.25, 0.3) is 0 Å². The molecular formula is C17H18Cl2N6O3. The molecule has 1 fully saturated rings. The van der Waals surface area contributed by atoms with Gasteiger partial charge >= 0.3 is 6.01 Å². The SMILES string of the molecule is COCc1noc(CN2CCN(c3nc(-c4cc(Cl)cc(Cl)c4)no3)CC2)n1. The van der Waals surface area contributed by atoms with Crippen LogP contribution in [0.5, 0.6) is 0 Å². The summed E-state index contributed by atoms with van der Waals surface area (Å²) in [6, 6.07) is 5.64. The predicted molar refractivity (Wildman–Crippen MR) is 102 cm³/mol. The number of rotatable bonds is 6. The van der Waals surface area contributed by atoms with Crippen LogP contribution in [-0.4, -0.2) is 58.5 Å². The van der Waals surface area contributed by atoms with Crippen LogP contribution in [0.4, 0.5) is 6.01 Å². The third-order valence-electron chi connectivity index (χ3n) is 4.32. The normalized spacial score (nSPS) is 15.3. The number of benzene rings is 1. The van der Waals surface area contributed by atoms with E-state index in [9.17, 15) is 0 Å². The summed E-state index contributed by atoms with van der Waals surface area (Å²) < 4.78 is 15.7. The minimum absolute atomic E-state index is 0.342. The Morgan fingerprint density at radius 2 is 1.75 bits per heavy atom. The first-order chi connectivity index (χ1) is 13.6. The lowest BCUT2D eigenvalue weighted by molar-refractivity contribution is 0.174. The van der Waals surface area contributed by atoms with Gasteiger partial charge in [-0.2, -0.15) is 9.97 Å². The van der Waals surface area contributed by atoms with E-state index in [4.69, 9.17) is 37.0 Å². The highest BCUT2D eigenvalue weighted by molar-refractivity contribution is 6.35. The molecule has 1 aliphatic rings. The number of halogens is 2. The van der Waals surface area contributed by atoms with Crippen molar-refractivity contribution in [3.63, 3.8) is 0 Å². The smallest absolute Gasteiger partial charge is 0.324 e. The van der Waals surface area contributed by atoms with Gasteiger partial charge in [0.1, 0.15) is 6.61 Å². The number of nitrogens with zero attached hydrogens (tertiary/aromatic N) is 6. The van der Waals surface area contributed by atoms with Crippen molar-refractivity contribution in [1.82, 2.24) is 25.2 Å². The van der Waals surface area contributed by atoms with Gasteiger partial charge in [-0.25, -0.2) is 0 Å². The summed E-state index contributed by atoms with van der Waals surface area (Å²) >= 11 is 12.1. The third-order valence-corrected chi connectivity index (χ3v) is 4.76.